The number of aryl methyl sites for hydroxylation is 1. The molecule has 3 rings (SSSR count). The van der Waals surface area contributed by atoms with Gasteiger partial charge in [0.15, 0.2) is 0 Å². The SMILES string of the molecule is COc1ccc(CCC(=O)Nc2ccc(N3CC(C)OC(C)C3)nc2)cc1. The van der Waals surface area contributed by atoms with E-state index in [9.17, 15) is 4.79 Å². The van der Waals surface area contributed by atoms with Crippen LogP contribution in [0.3, 0.4) is 0 Å². The molecular formula is C21H27N3O3. The fourth-order valence-electron chi connectivity index (χ4n) is 3.29. The Morgan fingerprint density at radius 2 is 1.89 bits per heavy atom. The van der Waals surface area contributed by atoms with Crippen LogP contribution in [0.1, 0.15) is 25.8 Å². The first kappa shape index (κ1) is 19.2. The van der Waals surface area contributed by atoms with E-state index in [1.54, 1.807) is 13.3 Å². The maximum Gasteiger partial charge on any atom is 0.224 e. The van der Waals surface area contributed by atoms with Crippen LogP contribution in [-0.4, -0.2) is 43.3 Å². The summed E-state index contributed by atoms with van der Waals surface area (Å²) in [6.45, 7) is 5.79. The van der Waals surface area contributed by atoms with Gasteiger partial charge in [0.2, 0.25) is 5.91 Å². The second-order valence-corrected chi connectivity index (χ2v) is 6.96. The molecular weight excluding hydrogens is 342 g/mol. The quantitative estimate of drug-likeness (QED) is 0.847. The van der Waals surface area contributed by atoms with Crippen LogP contribution in [0, 0.1) is 0 Å². The first-order valence-corrected chi connectivity index (χ1v) is 9.32. The summed E-state index contributed by atoms with van der Waals surface area (Å²) in [6, 6.07) is 11.6. The van der Waals surface area contributed by atoms with Gasteiger partial charge in [-0.3, -0.25) is 4.79 Å². The number of hydrogen-bond donors (Lipinski definition) is 1. The van der Waals surface area contributed by atoms with Crippen molar-refractivity contribution in [1.82, 2.24) is 4.98 Å². The predicted octanol–water partition coefficient (Wildman–Crippen LogP) is 3.28. The van der Waals surface area contributed by atoms with Crippen molar-refractivity contribution >= 4 is 17.4 Å². The molecule has 1 aliphatic rings. The van der Waals surface area contributed by atoms with Gasteiger partial charge in [-0.05, 0) is 50.1 Å². The molecule has 2 atom stereocenters. The predicted molar refractivity (Wildman–Crippen MR) is 106 cm³/mol. The summed E-state index contributed by atoms with van der Waals surface area (Å²) in [5.41, 5.74) is 1.82. The number of ether oxygens (including phenoxy) is 2. The molecule has 144 valence electrons. The van der Waals surface area contributed by atoms with Crippen molar-refractivity contribution < 1.29 is 14.3 Å². The third-order valence-corrected chi connectivity index (χ3v) is 4.58. The first-order chi connectivity index (χ1) is 13.0. The highest BCUT2D eigenvalue weighted by molar-refractivity contribution is 5.90. The smallest absolute Gasteiger partial charge is 0.224 e. The van der Waals surface area contributed by atoms with Gasteiger partial charge in [-0.1, -0.05) is 12.1 Å². The molecule has 2 aromatic rings. The zero-order chi connectivity index (χ0) is 19.2. The Hall–Kier alpha value is -2.60. The van der Waals surface area contributed by atoms with E-state index in [1.807, 2.05) is 36.4 Å². The highest BCUT2D eigenvalue weighted by Crippen LogP contribution is 2.20. The number of carbonyl (C=O) groups excluding carboxylic acids is 1. The third kappa shape index (κ3) is 5.44. The zero-order valence-electron chi connectivity index (χ0n) is 16.1. The van der Waals surface area contributed by atoms with Crippen LogP contribution in [0.25, 0.3) is 0 Å². The van der Waals surface area contributed by atoms with Crippen LogP contribution in [-0.2, 0) is 16.0 Å². The van der Waals surface area contributed by atoms with Crippen molar-refractivity contribution in [2.45, 2.75) is 38.9 Å². The van der Waals surface area contributed by atoms with E-state index in [2.05, 4.69) is 29.0 Å². The number of carbonyl (C=O) groups is 1. The maximum atomic E-state index is 12.2. The van der Waals surface area contributed by atoms with Crippen molar-refractivity contribution in [3.8, 4) is 5.75 Å². The molecule has 2 unspecified atom stereocenters. The molecule has 1 fully saturated rings. The Balaban J connectivity index is 1.50. The maximum absolute atomic E-state index is 12.2. The fraction of sp³-hybridized carbons (Fsp3) is 0.429. The van der Waals surface area contributed by atoms with E-state index in [-0.39, 0.29) is 18.1 Å². The molecule has 2 heterocycles. The highest BCUT2D eigenvalue weighted by atomic mass is 16.5. The van der Waals surface area contributed by atoms with E-state index in [1.165, 1.54) is 0 Å². The number of aromatic nitrogens is 1. The summed E-state index contributed by atoms with van der Waals surface area (Å²) in [7, 11) is 1.64. The lowest BCUT2D eigenvalue weighted by Gasteiger charge is -2.36. The normalized spacial score (nSPS) is 19.6. The van der Waals surface area contributed by atoms with Crippen molar-refractivity contribution in [2.75, 3.05) is 30.4 Å². The van der Waals surface area contributed by atoms with Crippen molar-refractivity contribution in [3.05, 3.63) is 48.2 Å². The summed E-state index contributed by atoms with van der Waals surface area (Å²) in [6.07, 6.45) is 3.20. The number of anilines is 2. The molecule has 0 saturated carbocycles. The van der Waals surface area contributed by atoms with Crippen LogP contribution in [0.5, 0.6) is 5.75 Å². The number of benzene rings is 1. The molecule has 1 aromatic carbocycles. The number of hydrogen-bond acceptors (Lipinski definition) is 5. The second kappa shape index (κ2) is 8.86. The highest BCUT2D eigenvalue weighted by Gasteiger charge is 2.23. The monoisotopic (exact) mass is 369 g/mol. The molecule has 1 saturated heterocycles. The minimum atomic E-state index is -0.0195. The molecule has 0 radical (unpaired) electrons. The van der Waals surface area contributed by atoms with E-state index in [0.29, 0.717) is 18.5 Å². The molecule has 6 heteroatoms. The molecule has 0 aliphatic carbocycles. The molecule has 0 spiro atoms. The van der Waals surface area contributed by atoms with E-state index >= 15 is 0 Å². The number of pyridine rings is 1. The Labute approximate surface area is 160 Å². The second-order valence-electron chi connectivity index (χ2n) is 6.96. The van der Waals surface area contributed by atoms with Gasteiger partial charge in [-0.15, -0.1) is 0 Å². The van der Waals surface area contributed by atoms with Crippen LogP contribution in [0.15, 0.2) is 42.6 Å². The average Bonchev–Trinajstić information content (AvgIpc) is 2.66. The zero-order valence-corrected chi connectivity index (χ0v) is 16.1. The van der Waals surface area contributed by atoms with Crippen molar-refractivity contribution in [2.24, 2.45) is 0 Å². The van der Waals surface area contributed by atoms with Crippen molar-refractivity contribution in [1.29, 1.82) is 0 Å². The van der Waals surface area contributed by atoms with Crippen LogP contribution in [0.2, 0.25) is 0 Å². The summed E-state index contributed by atoms with van der Waals surface area (Å²) in [5.74, 6) is 1.71. The average molecular weight is 369 g/mol. The minimum Gasteiger partial charge on any atom is -0.497 e. The van der Waals surface area contributed by atoms with Gasteiger partial charge < -0.3 is 19.7 Å². The van der Waals surface area contributed by atoms with Gasteiger partial charge in [0.1, 0.15) is 11.6 Å². The Morgan fingerprint density at radius 3 is 2.48 bits per heavy atom. The largest absolute Gasteiger partial charge is 0.497 e. The van der Waals surface area contributed by atoms with E-state index in [4.69, 9.17) is 9.47 Å². The van der Waals surface area contributed by atoms with Crippen LogP contribution in [0.4, 0.5) is 11.5 Å². The lowest BCUT2D eigenvalue weighted by molar-refractivity contribution is -0.116. The van der Waals surface area contributed by atoms with Gasteiger partial charge in [-0.2, -0.15) is 0 Å². The van der Waals surface area contributed by atoms with Crippen LogP contribution >= 0.6 is 0 Å². The van der Waals surface area contributed by atoms with Gasteiger partial charge in [0.05, 0.1) is 31.2 Å². The Kier molecular flexibility index (Phi) is 6.29. The Bertz CT molecular complexity index is 736. The number of rotatable bonds is 6. The fourth-order valence-corrected chi connectivity index (χ4v) is 3.29. The summed E-state index contributed by atoms with van der Waals surface area (Å²) in [5, 5.41) is 2.91. The number of amides is 1. The number of nitrogens with one attached hydrogen (secondary N) is 1. The standard InChI is InChI=1S/C21H27N3O3/c1-15-13-24(14-16(2)27-15)20-10-7-18(12-22-20)23-21(25)11-6-17-4-8-19(26-3)9-5-17/h4-5,7-10,12,15-16H,6,11,13-14H2,1-3H3,(H,23,25). The first-order valence-electron chi connectivity index (χ1n) is 9.32. The summed E-state index contributed by atoms with van der Waals surface area (Å²) in [4.78, 5) is 18.9. The van der Waals surface area contributed by atoms with Gasteiger partial charge in [-0.25, -0.2) is 4.98 Å². The molecule has 1 N–H and O–H groups in total. The number of methoxy groups -OCH3 is 1. The topological polar surface area (TPSA) is 63.7 Å². The van der Waals surface area contributed by atoms with Gasteiger partial charge in [0.25, 0.3) is 0 Å². The molecule has 27 heavy (non-hydrogen) atoms. The van der Waals surface area contributed by atoms with Crippen molar-refractivity contribution in [3.63, 3.8) is 0 Å². The molecule has 0 bridgehead atoms. The lowest BCUT2D eigenvalue weighted by Crippen LogP contribution is -2.45. The van der Waals surface area contributed by atoms with Gasteiger partial charge >= 0.3 is 0 Å². The molecule has 6 nitrogen and oxygen atoms in total. The van der Waals surface area contributed by atoms with E-state index in [0.717, 1.165) is 30.2 Å². The summed E-state index contributed by atoms with van der Waals surface area (Å²) >= 11 is 0. The third-order valence-electron chi connectivity index (χ3n) is 4.58. The molecule has 1 aliphatic heterocycles. The molecule has 1 aromatic heterocycles. The lowest BCUT2D eigenvalue weighted by atomic mass is 10.1. The molecule has 1 amide bonds. The summed E-state index contributed by atoms with van der Waals surface area (Å²) < 4.78 is 10.9. The Morgan fingerprint density at radius 1 is 1.19 bits per heavy atom. The number of morpholine rings is 1. The van der Waals surface area contributed by atoms with Gasteiger partial charge in [0, 0.05) is 19.5 Å². The van der Waals surface area contributed by atoms with E-state index < -0.39 is 0 Å². The minimum absolute atomic E-state index is 0.0195. The number of nitrogens with zero attached hydrogens (tertiary/aromatic N) is 2. The van der Waals surface area contributed by atoms with Crippen LogP contribution < -0.4 is 15.0 Å².